The Morgan fingerprint density at radius 3 is 2.24 bits per heavy atom. The second-order valence-corrected chi connectivity index (χ2v) is 7.15. The quantitative estimate of drug-likeness (QED) is 0.642. The van der Waals surface area contributed by atoms with E-state index in [0.29, 0.717) is 11.1 Å². The Balaban J connectivity index is 1.81. The topological polar surface area (TPSA) is 71.1 Å². The number of hydrogen-bond acceptors (Lipinski definition) is 3. The minimum absolute atomic E-state index is 0.289. The molecule has 0 aliphatic carbocycles. The lowest BCUT2D eigenvalue weighted by Crippen LogP contribution is -2.17. The number of para-hydroxylation sites is 1. The minimum atomic E-state index is -0.300. The summed E-state index contributed by atoms with van der Waals surface area (Å²) in [4.78, 5) is 29.6. The molecule has 5 heteroatoms. The molecule has 0 spiro atoms. The Hall–Kier alpha value is -3.47. The Morgan fingerprint density at radius 2 is 1.55 bits per heavy atom. The van der Waals surface area contributed by atoms with E-state index in [0.717, 1.165) is 40.0 Å². The van der Waals surface area contributed by atoms with Gasteiger partial charge in [0.2, 0.25) is 0 Å². The van der Waals surface area contributed by atoms with E-state index in [2.05, 4.69) is 15.6 Å². The third-order valence-corrected chi connectivity index (χ3v) is 4.88. The number of benzene rings is 2. The first-order chi connectivity index (χ1) is 13.9. The van der Waals surface area contributed by atoms with Gasteiger partial charge in [0.05, 0.1) is 11.1 Å². The number of aryl methyl sites for hydroxylation is 4. The van der Waals surface area contributed by atoms with Crippen molar-refractivity contribution in [1.82, 2.24) is 4.98 Å². The summed E-state index contributed by atoms with van der Waals surface area (Å²) in [6, 6.07) is 13.4. The molecular formula is C24H25N3O2. The number of carbonyl (C=O) groups excluding carboxylic acids is 2. The van der Waals surface area contributed by atoms with Gasteiger partial charge < -0.3 is 10.6 Å². The molecule has 2 N–H and O–H groups in total. The number of nitrogens with one attached hydrogen (secondary N) is 2. The van der Waals surface area contributed by atoms with Crippen LogP contribution in [0.3, 0.4) is 0 Å². The minimum Gasteiger partial charge on any atom is -0.322 e. The SMILES string of the molecule is CCc1cccc(C)c1NC(=O)c1cncc(C(=O)Nc2cc(C)ccc2C)c1. The summed E-state index contributed by atoms with van der Waals surface area (Å²) in [5, 5.41) is 5.87. The molecule has 2 amide bonds. The number of carbonyl (C=O) groups is 2. The highest BCUT2D eigenvalue weighted by molar-refractivity contribution is 6.09. The van der Waals surface area contributed by atoms with Gasteiger partial charge in [0, 0.05) is 23.8 Å². The zero-order valence-corrected chi connectivity index (χ0v) is 17.2. The first kappa shape index (κ1) is 20.3. The van der Waals surface area contributed by atoms with E-state index in [-0.39, 0.29) is 11.8 Å². The van der Waals surface area contributed by atoms with Crippen LogP contribution in [-0.4, -0.2) is 16.8 Å². The highest BCUT2D eigenvalue weighted by atomic mass is 16.2. The maximum atomic E-state index is 12.8. The van der Waals surface area contributed by atoms with E-state index in [9.17, 15) is 9.59 Å². The third kappa shape index (κ3) is 4.69. The van der Waals surface area contributed by atoms with Gasteiger partial charge in [-0.1, -0.05) is 37.3 Å². The number of pyridine rings is 1. The average molecular weight is 387 g/mol. The van der Waals surface area contributed by atoms with Crippen LogP contribution in [0.15, 0.2) is 54.9 Å². The number of hydrogen-bond donors (Lipinski definition) is 2. The normalized spacial score (nSPS) is 10.5. The van der Waals surface area contributed by atoms with Gasteiger partial charge in [-0.3, -0.25) is 14.6 Å². The zero-order valence-electron chi connectivity index (χ0n) is 17.2. The summed E-state index contributed by atoms with van der Waals surface area (Å²) < 4.78 is 0. The predicted octanol–water partition coefficient (Wildman–Crippen LogP) is 5.07. The summed E-state index contributed by atoms with van der Waals surface area (Å²) in [5.74, 6) is -0.589. The average Bonchev–Trinajstić information content (AvgIpc) is 2.72. The van der Waals surface area contributed by atoms with Crippen molar-refractivity contribution in [3.63, 3.8) is 0 Å². The van der Waals surface area contributed by atoms with Crippen molar-refractivity contribution in [1.29, 1.82) is 0 Å². The van der Waals surface area contributed by atoms with Crippen LogP contribution in [0.5, 0.6) is 0 Å². The molecule has 148 valence electrons. The van der Waals surface area contributed by atoms with E-state index in [1.54, 1.807) is 6.07 Å². The fraction of sp³-hybridized carbons (Fsp3) is 0.208. The molecule has 0 aliphatic rings. The summed E-state index contributed by atoms with van der Waals surface area (Å²) >= 11 is 0. The molecule has 0 saturated carbocycles. The van der Waals surface area contributed by atoms with E-state index in [1.165, 1.54) is 12.4 Å². The van der Waals surface area contributed by atoms with Crippen LogP contribution in [-0.2, 0) is 6.42 Å². The van der Waals surface area contributed by atoms with Crippen molar-refractivity contribution in [2.45, 2.75) is 34.1 Å². The number of rotatable bonds is 5. The molecule has 29 heavy (non-hydrogen) atoms. The molecule has 3 aromatic rings. The van der Waals surface area contributed by atoms with Crippen molar-refractivity contribution in [3.8, 4) is 0 Å². The molecule has 0 aliphatic heterocycles. The lowest BCUT2D eigenvalue weighted by Gasteiger charge is -2.13. The van der Waals surface area contributed by atoms with Crippen molar-refractivity contribution in [2.24, 2.45) is 0 Å². The molecule has 3 rings (SSSR count). The molecule has 0 fully saturated rings. The molecule has 0 unspecified atom stereocenters. The van der Waals surface area contributed by atoms with Crippen LogP contribution >= 0.6 is 0 Å². The van der Waals surface area contributed by atoms with Crippen molar-refractivity contribution in [3.05, 3.63) is 88.2 Å². The van der Waals surface area contributed by atoms with E-state index < -0.39 is 0 Å². The summed E-state index contributed by atoms with van der Waals surface area (Å²) in [5.41, 5.74) is 6.31. The van der Waals surface area contributed by atoms with E-state index in [1.807, 2.05) is 64.1 Å². The fourth-order valence-corrected chi connectivity index (χ4v) is 3.14. The zero-order chi connectivity index (χ0) is 21.0. The van der Waals surface area contributed by atoms with Gasteiger partial charge in [-0.15, -0.1) is 0 Å². The van der Waals surface area contributed by atoms with Crippen LogP contribution < -0.4 is 10.6 Å². The molecule has 0 saturated heterocycles. The second-order valence-electron chi connectivity index (χ2n) is 7.15. The highest BCUT2D eigenvalue weighted by Gasteiger charge is 2.14. The Kier molecular flexibility index (Phi) is 6.07. The van der Waals surface area contributed by atoms with Gasteiger partial charge in [0.1, 0.15) is 0 Å². The largest absolute Gasteiger partial charge is 0.322 e. The maximum absolute atomic E-state index is 12.8. The van der Waals surface area contributed by atoms with Crippen LogP contribution in [0, 0.1) is 20.8 Å². The van der Waals surface area contributed by atoms with Crippen molar-refractivity contribution >= 4 is 23.2 Å². The molecule has 0 radical (unpaired) electrons. The van der Waals surface area contributed by atoms with Crippen LogP contribution in [0.25, 0.3) is 0 Å². The Labute approximate surface area is 171 Å². The standard InChI is InChI=1S/C24H25N3O2/c1-5-18-8-6-7-17(4)22(18)27-24(29)20-12-19(13-25-14-20)23(28)26-21-11-15(2)9-10-16(21)3/h6-14H,5H2,1-4H3,(H,26,28)(H,27,29). The number of amides is 2. The molecular weight excluding hydrogens is 362 g/mol. The molecule has 1 aromatic heterocycles. The highest BCUT2D eigenvalue weighted by Crippen LogP contribution is 2.22. The fourth-order valence-electron chi connectivity index (χ4n) is 3.14. The molecule has 2 aromatic carbocycles. The van der Waals surface area contributed by atoms with Crippen LogP contribution in [0.4, 0.5) is 11.4 Å². The molecule has 1 heterocycles. The first-order valence-electron chi connectivity index (χ1n) is 9.62. The lowest BCUT2D eigenvalue weighted by molar-refractivity contribution is 0.102. The monoisotopic (exact) mass is 387 g/mol. The third-order valence-electron chi connectivity index (χ3n) is 4.88. The molecule has 0 bridgehead atoms. The van der Waals surface area contributed by atoms with Gasteiger partial charge in [-0.05, 0) is 61.6 Å². The number of nitrogens with zero attached hydrogens (tertiary/aromatic N) is 1. The van der Waals surface area contributed by atoms with Crippen LogP contribution in [0.2, 0.25) is 0 Å². The lowest BCUT2D eigenvalue weighted by atomic mass is 10.1. The van der Waals surface area contributed by atoms with Gasteiger partial charge in [0.25, 0.3) is 11.8 Å². The van der Waals surface area contributed by atoms with Gasteiger partial charge in [-0.25, -0.2) is 0 Å². The van der Waals surface area contributed by atoms with Crippen molar-refractivity contribution < 1.29 is 9.59 Å². The summed E-state index contributed by atoms with van der Waals surface area (Å²) in [7, 11) is 0. The van der Waals surface area contributed by atoms with Gasteiger partial charge >= 0.3 is 0 Å². The smallest absolute Gasteiger partial charge is 0.257 e. The van der Waals surface area contributed by atoms with Gasteiger partial charge in [0.15, 0.2) is 0 Å². The Bertz CT molecular complexity index is 1070. The number of aromatic nitrogens is 1. The summed E-state index contributed by atoms with van der Waals surface area (Å²) in [6.45, 7) is 7.91. The maximum Gasteiger partial charge on any atom is 0.257 e. The number of anilines is 2. The van der Waals surface area contributed by atoms with E-state index in [4.69, 9.17) is 0 Å². The predicted molar refractivity (Wildman–Crippen MR) is 117 cm³/mol. The Morgan fingerprint density at radius 1 is 0.862 bits per heavy atom. The van der Waals surface area contributed by atoms with Gasteiger partial charge in [-0.2, -0.15) is 0 Å². The van der Waals surface area contributed by atoms with E-state index >= 15 is 0 Å². The molecule has 0 atom stereocenters. The second kappa shape index (κ2) is 8.69. The van der Waals surface area contributed by atoms with Crippen molar-refractivity contribution in [2.75, 3.05) is 10.6 Å². The molecule has 5 nitrogen and oxygen atoms in total. The first-order valence-corrected chi connectivity index (χ1v) is 9.62. The summed E-state index contributed by atoms with van der Waals surface area (Å²) in [6.07, 6.45) is 3.74. The van der Waals surface area contributed by atoms with Crippen LogP contribution in [0.1, 0.15) is 49.9 Å².